The molecule has 31 heavy (non-hydrogen) atoms. The number of aromatic nitrogens is 2. The van der Waals surface area contributed by atoms with E-state index in [1.807, 2.05) is 66.5 Å². The number of rotatable bonds is 8. The number of nitrogens with zero attached hydrogens (tertiary/aromatic N) is 2. The maximum absolute atomic E-state index is 12.9. The van der Waals surface area contributed by atoms with Crippen molar-refractivity contribution in [2.45, 2.75) is 26.3 Å². The van der Waals surface area contributed by atoms with Gasteiger partial charge < -0.3 is 15.2 Å². The fourth-order valence-corrected chi connectivity index (χ4v) is 4.94. The third kappa shape index (κ3) is 5.03. The third-order valence-electron chi connectivity index (χ3n) is 4.95. The van der Waals surface area contributed by atoms with Crippen LogP contribution in [0.15, 0.2) is 60.2 Å². The molecular weight excluding hydrogens is 428 g/mol. The molecule has 0 bridgehead atoms. The van der Waals surface area contributed by atoms with Crippen molar-refractivity contribution in [3.8, 4) is 5.13 Å². The van der Waals surface area contributed by atoms with E-state index in [1.54, 1.807) is 17.4 Å². The monoisotopic (exact) mass is 452 g/mol. The van der Waals surface area contributed by atoms with E-state index in [0.717, 1.165) is 21.8 Å². The third-order valence-corrected chi connectivity index (χ3v) is 6.92. The second-order valence-corrected chi connectivity index (χ2v) is 9.63. The molecule has 8 heteroatoms. The summed E-state index contributed by atoms with van der Waals surface area (Å²) in [5.74, 6) is -0.447. The molecule has 6 nitrogen and oxygen atoms in total. The van der Waals surface area contributed by atoms with Gasteiger partial charge in [-0.05, 0) is 54.1 Å². The van der Waals surface area contributed by atoms with Gasteiger partial charge in [0.1, 0.15) is 6.04 Å². The molecule has 0 aliphatic rings. The van der Waals surface area contributed by atoms with Crippen LogP contribution in [0.25, 0.3) is 15.3 Å². The predicted molar refractivity (Wildman–Crippen MR) is 126 cm³/mol. The van der Waals surface area contributed by atoms with Gasteiger partial charge in [0.15, 0.2) is 5.13 Å². The Bertz CT molecular complexity index is 1160. The average Bonchev–Trinajstić information content (AvgIpc) is 3.52. The van der Waals surface area contributed by atoms with Crippen molar-refractivity contribution in [1.82, 2.24) is 20.2 Å². The van der Waals surface area contributed by atoms with E-state index < -0.39 is 6.04 Å². The van der Waals surface area contributed by atoms with E-state index >= 15 is 0 Å². The molecule has 4 rings (SSSR count). The van der Waals surface area contributed by atoms with Crippen molar-refractivity contribution in [2.75, 3.05) is 6.54 Å². The first-order valence-corrected chi connectivity index (χ1v) is 11.9. The van der Waals surface area contributed by atoms with E-state index in [9.17, 15) is 9.59 Å². The summed E-state index contributed by atoms with van der Waals surface area (Å²) in [7, 11) is 0. The first-order chi connectivity index (χ1) is 15.0. The molecule has 1 aromatic carbocycles. The molecule has 2 amide bonds. The Morgan fingerprint density at radius 2 is 1.94 bits per heavy atom. The van der Waals surface area contributed by atoms with Gasteiger partial charge in [0, 0.05) is 29.4 Å². The van der Waals surface area contributed by atoms with Crippen molar-refractivity contribution < 1.29 is 9.59 Å². The molecule has 1 atom stereocenters. The molecular formula is C23H24N4O2S2. The van der Waals surface area contributed by atoms with Crippen LogP contribution in [-0.4, -0.2) is 34.0 Å². The maximum atomic E-state index is 12.9. The van der Waals surface area contributed by atoms with Gasteiger partial charge in [-0.2, -0.15) is 0 Å². The van der Waals surface area contributed by atoms with Gasteiger partial charge in [-0.25, -0.2) is 4.98 Å². The summed E-state index contributed by atoms with van der Waals surface area (Å²) >= 11 is 3.19. The largest absolute Gasteiger partial charge is 0.354 e. The number of thiophene rings is 1. The van der Waals surface area contributed by atoms with E-state index in [1.165, 1.54) is 16.2 Å². The maximum Gasteiger partial charge on any atom is 0.251 e. The standard InChI is InChI=1S/C23H24N4O2S2/c1-15(2)20(22(29)24-10-9-17-6-5-13-30-17)26-21(28)16-7-8-18-19(14-16)31-23(25-18)27-11-3-4-12-27/h3-8,11-15,20H,9-10H2,1-2H3,(H,24,29)(H,26,28)/t20-/m1/s1. The van der Waals surface area contributed by atoms with Gasteiger partial charge in [0.25, 0.3) is 5.91 Å². The second-order valence-electron chi connectivity index (χ2n) is 7.58. The molecule has 2 N–H and O–H groups in total. The summed E-state index contributed by atoms with van der Waals surface area (Å²) in [5.41, 5.74) is 1.37. The van der Waals surface area contributed by atoms with E-state index in [0.29, 0.717) is 12.1 Å². The summed E-state index contributed by atoms with van der Waals surface area (Å²) in [4.78, 5) is 31.4. The lowest BCUT2D eigenvalue weighted by Gasteiger charge is -2.21. The summed E-state index contributed by atoms with van der Waals surface area (Å²) in [6.07, 6.45) is 4.67. The van der Waals surface area contributed by atoms with Gasteiger partial charge in [-0.1, -0.05) is 31.3 Å². The summed E-state index contributed by atoms with van der Waals surface area (Å²) in [6.45, 7) is 4.41. The Balaban J connectivity index is 1.43. The summed E-state index contributed by atoms with van der Waals surface area (Å²) in [5, 5.41) is 8.73. The van der Waals surface area contributed by atoms with Crippen LogP contribution in [0.5, 0.6) is 0 Å². The van der Waals surface area contributed by atoms with E-state index in [-0.39, 0.29) is 17.7 Å². The van der Waals surface area contributed by atoms with Gasteiger partial charge >= 0.3 is 0 Å². The number of carbonyl (C=O) groups is 2. The number of nitrogens with one attached hydrogen (secondary N) is 2. The number of fused-ring (bicyclic) bond motifs is 1. The lowest BCUT2D eigenvalue weighted by Crippen LogP contribution is -2.50. The molecule has 0 saturated carbocycles. The van der Waals surface area contributed by atoms with Crippen molar-refractivity contribution in [3.05, 3.63) is 70.7 Å². The average molecular weight is 453 g/mol. The van der Waals surface area contributed by atoms with E-state index in [4.69, 9.17) is 0 Å². The fraction of sp³-hybridized carbons (Fsp3) is 0.261. The van der Waals surface area contributed by atoms with Crippen molar-refractivity contribution in [1.29, 1.82) is 0 Å². The number of amides is 2. The number of hydrogen-bond donors (Lipinski definition) is 2. The molecule has 0 aliphatic heterocycles. The number of thiazole rings is 1. The van der Waals surface area contributed by atoms with Gasteiger partial charge in [0.2, 0.25) is 5.91 Å². The number of carbonyl (C=O) groups excluding carboxylic acids is 2. The Morgan fingerprint density at radius 1 is 1.13 bits per heavy atom. The highest BCUT2D eigenvalue weighted by Crippen LogP contribution is 2.26. The smallest absolute Gasteiger partial charge is 0.251 e. The minimum Gasteiger partial charge on any atom is -0.354 e. The van der Waals surface area contributed by atoms with Crippen LogP contribution in [0.4, 0.5) is 0 Å². The predicted octanol–water partition coefficient (Wildman–Crippen LogP) is 4.26. The zero-order chi connectivity index (χ0) is 21.8. The van der Waals surface area contributed by atoms with Crippen molar-refractivity contribution in [3.63, 3.8) is 0 Å². The first-order valence-electron chi connectivity index (χ1n) is 10.2. The van der Waals surface area contributed by atoms with Gasteiger partial charge in [0.05, 0.1) is 10.2 Å². The van der Waals surface area contributed by atoms with Crippen LogP contribution < -0.4 is 10.6 Å². The fourth-order valence-electron chi connectivity index (χ4n) is 3.26. The molecule has 0 spiro atoms. The Kier molecular flexibility index (Phi) is 6.48. The molecule has 3 aromatic heterocycles. The summed E-state index contributed by atoms with van der Waals surface area (Å²) < 4.78 is 2.87. The van der Waals surface area contributed by atoms with Crippen LogP contribution in [0.3, 0.4) is 0 Å². The van der Waals surface area contributed by atoms with Crippen molar-refractivity contribution >= 4 is 44.7 Å². The number of benzene rings is 1. The molecule has 0 unspecified atom stereocenters. The molecule has 0 fully saturated rings. The molecule has 0 saturated heterocycles. The topological polar surface area (TPSA) is 76.0 Å². The van der Waals surface area contributed by atoms with Crippen LogP contribution >= 0.6 is 22.7 Å². The quantitative estimate of drug-likeness (QED) is 0.419. The lowest BCUT2D eigenvalue weighted by atomic mass is 10.0. The van der Waals surface area contributed by atoms with E-state index in [2.05, 4.69) is 21.7 Å². The molecule has 0 radical (unpaired) electrons. The lowest BCUT2D eigenvalue weighted by molar-refractivity contribution is -0.123. The molecule has 4 aromatic rings. The summed E-state index contributed by atoms with van der Waals surface area (Å²) in [6, 6.07) is 12.8. The Hall–Kier alpha value is -2.97. The highest BCUT2D eigenvalue weighted by molar-refractivity contribution is 7.20. The molecule has 0 aliphatic carbocycles. The first kappa shape index (κ1) is 21.3. The normalized spacial score (nSPS) is 12.2. The zero-order valence-corrected chi connectivity index (χ0v) is 19.0. The number of hydrogen-bond acceptors (Lipinski definition) is 5. The SMILES string of the molecule is CC(C)[C@@H](NC(=O)c1ccc2nc(-n3cccc3)sc2c1)C(=O)NCCc1cccs1. The van der Waals surface area contributed by atoms with Crippen LogP contribution in [-0.2, 0) is 11.2 Å². The molecule has 160 valence electrons. The van der Waals surface area contributed by atoms with Crippen LogP contribution in [0.2, 0.25) is 0 Å². The van der Waals surface area contributed by atoms with Gasteiger partial charge in [-0.3, -0.25) is 9.59 Å². The zero-order valence-electron chi connectivity index (χ0n) is 17.4. The van der Waals surface area contributed by atoms with Gasteiger partial charge in [-0.15, -0.1) is 11.3 Å². The minimum absolute atomic E-state index is 0.0295. The Labute approximate surface area is 188 Å². The van der Waals surface area contributed by atoms with Crippen molar-refractivity contribution in [2.24, 2.45) is 5.92 Å². The highest BCUT2D eigenvalue weighted by atomic mass is 32.1. The molecule has 3 heterocycles. The highest BCUT2D eigenvalue weighted by Gasteiger charge is 2.24. The second kappa shape index (κ2) is 9.45. The van der Waals surface area contributed by atoms with Crippen LogP contribution in [0, 0.1) is 5.92 Å². The minimum atomic E-state index is -0.594. The Morgan fingerprint density at radius 3 is 2.65 bits per heavy atom. The van der Waals surface area contributed by atoms with Crippen LogP contribution in [0.1, 0.15) is 29.1 Å².